The molecule has 0 aromatic rings. The van der Waals surface area contributed by atoms with Gasteiger partial charge in [0.05, 0.1) is 6.26 Å². The first-order valence-corrected chi connectivity index (χ1v) is 8.52. The summed E-state index contributed by atoms with van der Waals surface area (Å²) in [4.78, 5) is 0. The molecule has 1 fully saturated rings. The Bertz CT molecular complexity index is 321. The molecular weight excluding hydrogens is 260 g/mol. The van der Waals surface area contributed by atoms with E-state index in [1.54, 1.807) is 4.31 Å². The molecule has 0 radical (unpaired) electrons. The molecule has 1 rings (SSSR count). The predicted octanol–water partition coefficient (Wildman–Crippen LogP) is 1.27. The van der Waals surface area contributed by atoms with Gasteiger partial charge in [0, 0.05) is 25.0 Å². The van der Waals surface area contributed by atoms with Crippen LogP contribution in [0, 0.1) is 5.92 Å². The van der Waals surface area contributed by atoms with Gasteiger partial charge >= 0.3 is 0 Å². The summed E-state index contributed by atoms with van der Waals surface area (Å²) in [5.74, 6) is 0.416. The zero-order valence-electron chi connectivity index (χ0n) is 10.7. The quantitative estimate of drug-likeness (QED) is 0.747. The minimum atomic E-state index is -3.03. The van der Waals surface area contributed by atoms with Crippen LogP contribution < -0.4 is 5.32 Å². The molecule has 0 spiro atoms. The topological polar surface area (TPSA) is 49.4 Å². The van der Waals surface area contributed by atoms with E-state index in [1.165, 1.54) is 6.26 Å². The molecule has 6 heteroatoms. The Morgan fingerprint density at radius 3 is 2.82 bits per heavy atom. The number of piperidine rings is 1. The number of sulfonamides is 1. The number of halogens is 1. The van der Waals surface area contributed by atoms with E-state index in [4.69, 9.17) is 11.6 Å². The van der Waals surface area contributed by atoms with Crippen molar-refractivity contribution in [2.24, 2.45) is 5.92 Å². The van der Waals surface area contributed by atoms with E-state index in [-0.39, 0.29) is 5.38 Å². The van der Waals surface area contributed by atoms with Crippen LogP contribution in [0.25, 0.3) is 0 Å². The normalized spacial score (nSPS) is 24.8. The highest BCUT2D eigenvalue weighted by Gasteiger charge is 2.25. The molecule has 0 bridgehead atoms. The van der Waals surface area contributed by atoms with Crippen LogP contribution in [0.4, 0.5) is 0 Å². The molecule has 1 N–H and O–H groups in total. The maximum absolute atomic E-state index is 11.4. The second-order valence-electron chi connectivity index (χ2n) is 4.79. The molecule has 1 saturated heterocycles. The van der Waals surface area contributed by atoms with Crippen LogP contribution in [0.2, 0.25) is 0 Å². The van der Waals surface area contributed by atoms with Gasteiger partial charge in [0.25, 0.3) is 0 Å². The van der Waals surface area contributed by atoms with Gasteiger partial charge in [-0.15, -0.1) is 11.6 Å². The van der Waals surface area contributed by atoms with Crippen LogP contribution in [0.3, 0.4) is 0 Å². The molecule has 0 aromatic carbocycles. The van der Waals surface area contributed by atoms with Crippen LogP contribution in [0.15, 0.2) is 0 Å². The van der Waals surface area contributed by atoms with Gasteiger partial charge in [-0.3, -0.25) is 0 Å². The van der Waals surface area contributed by atoms with Crippen LogP contribution in [0.1, 0.15) is 26.2 Å². The molecule has 2 atom stereocenters. The first-order valence-electron chi connectivity index (χ1n) is 6.23. The number of nitrogens with zero attached hydrogens (tertiary/aromatic N) is 1. The summed E-state index contributed by atoms with van der Waals surface area (Å²) in [6.07, 6.45) is 4.29. The van der Waals surface area contributed by atoms with Gasteiger partial charge in [-0.2, -0.15) is 0 Å². The lowest BCUT2D eigenvalue weighted by Crippen LogP contribution is -2.42. The van der Waals surface area contributed by atoms with Crippen molar-refractivity contribution in [2.75, 3.05) is 32.4 Å². The molecular formula is C11H23ClN2O2S. The highest BCUT2D eigenvalue weighted by atomic mass is 35.5. The maximum atomic E-state index is 11.4. The Labute approximate surface area is 110 Å². The van der Waals surface area contributed by atoms with E-state index >= 15 is 0 Å². The molecule has 2 unspecified atom stereocenters. The van der Waals surface area contributed by atoms with Gasteiger partial charge < -0.3 is 5.32 Å². The average Bonchev–Trinajstić information content (AvgIpc) is 2.28. The van der Waals surface area contributed by atoms with E-state index in [2.05, 4.69) is 12.2 Å². The lowest BCUT2D eigenvalue weighted by atomic mass is 10.00. The van der Waals surface area contributed by atoms with E-state index in [0.717, 1.165) is 32.4 Å². The molecule has 17 heavy (non-hydrogen) atoms. The second kappa shape index (κ2) is 6.92. The SMILES string of the molecule is CCC(Cl)CNCC1CCCN(S(C)(=O)=O)C1. The van der Waals surface area contributed by atoms with Crippen molar-refractivity contribution in [2.45, 2.75) is 31.6 Å². The van der Waals surface area contributed by atoms with Crippen LogP contribution >= 0.6 is 11.6 Å². The van der Waals surface area contributed by atoms with E-state index in [0.29, 0.717) is 19.0 Å². The largest absolute Gasteiger partial charge is 0.315 e. The number of alkyl halides is 1. The van der Waals surface area contributed by atoms with Crippen molar-refractivity contribution in [1.82, 2.24) is 9.62 Å². The van der Waals surface area contributed by atoms with Gasteiger partial charge in [-0.05, 0) is 31.7 Å². The molecule has 1 aliphatic rings. The number of hydrogen-bond acceptors (Lipinski definition) is 3. The molecule has 0 aromatic heterocycles. The summed E-state index contributed by atoms with van der Waals surface area (Å²) in [7, 11) is -3.03. The predicted molar refractivity (Wildman–Crippen MR) is 71.9 cm³/mol. The Kier molecular flexibility index (Phi) is 6.20. The minimum absolute atomic E-state index is 0.171. The van der Waals surface area contributed by atoms with Crippen molar-refractivity contribution < 1.29 is 8.42 Å². The highest BCUT2D eigenvalue weighted by Crippen LogP contribution is 2.17. The van der Waals surface area contributed by atoms with Crippen molar-refractivity contribution >= 4 is 21.6 Å². The molecule has 102 valence electrons. The summed E-state index contributed by atoms with van der Waals surface area (Å²) in [5.41, 5.74) is 0. The van der Waals surface area contributed by atoms with E-state index < -0.39 is 10.0 Å². The third-order valence-electron chi connectivity index (χ3n) is 3.19. The van der Waals surface area contributed by atoms with Gasteiger partial charge in [0.1, 0.15) is 0 Å². The van der Waals surface area contributed by atoms with E-state index in [9.17, 15) is 8.42 Å². The monoisotopic (exact) mass is 282 g/mol. The fraction of sp³-hybridized carbons (Fsp3) is 1.00. The first-order chi connectivity index (χ1) is 7.93. The van der Waals surface area contributed by atoms with Gasteiger partial charge in [-0.25, -0.2) is 12.7 Å². The molecule has 1 aliphatic heterocycles. The smallest absolute Gasteiger partial charge is 0.211 e. The van der Waals surface area contributed by atoms with E-state index in [1.807, 2.05) is 0 Å². The summed E-state index contributed by atoms with van der Waals surface area (Å²) in [5, 5.41) is 3.50. The lowest BCUT2D eigenvalue weighted by Gasteiger charge is -2.31. The summed E-state index contributed by atoms with van der Waals surface area (Å²) < 4.78 is 24.5. The number of rotatable bonds is 6. The molecule has 0 saturated carbocycles. The highest BCUT2D eigenvalue weighted by molar-refractivity contribution is 7.88. The van der Waals surface area contributed by atoms with Gasteiger partial charge in [0.15, 0.2) is 0 Å². The fourth-order valence-corrected chi connectivity index (χ4v) is 3.13. The van der Waals surface area contributed by atoms with Gasteiger partial charge in [-0.1, -0.05) is 6.92 Å². The van der Waals surface area contributed by atoms with Crippen molar-refractivity contribution in [3.8, 4) is 0 Å². The molecule has 0 amide bonds. The third kappa shape index (κ3) is 5.55. The standard InChI is InChI=1S/C11H23ClN2O2S/c1-3-11(12)8-13-7-10-5-4-6-14(9-10)17(2,15)16/h10-11,13H,3-9H2,1-2H3. The van der Waals surface area contributed by atoms with Gasteiger partial charge in [0.2, 0.25) is 10.0 Å². The van der Waals surface area contributed by atoms with Crippen molar-refractivity contribution in [3.63, 3.8) is 0 Å². The zero-order chi connectivity index (χ0) is 12.9. The van der Waals surface area contributed by atoms with Crippen LogP contribution in [0.5, 0.6) is 0 Å². The Morgan fingerprint density at radius 1 is 1.53 bits per heavy atom. The summed E-state index contributed by atoms with van der Waals surface area (Å²) in [6, 6.07) is 0. The Hall–Kier alpha value is 0.160. The summed E-state index contributed by atoms with van der Waals surface area (Å²) in [6.45, 7) is 5.03. The number of nitrogens with one attached hydrogen (secondary N) is 1. The minimum Gasteiger partial charge on any atom is -0.315 e. The fourth-order valence-electron chi connectivity index (χ4n) is 2.08. The Balaban J connectivity index is 2.30. The lowest BCUT2D eigenvalue weighted by molar-refractivity contribution is 0.261. The molecule has 0 aliphatic carbocycles. The summed E-state index contributed by atoms with van der Waals surface area (Å²) >= 11 is 6.02. The van der Waals surface area contributed by atoms with Crippen LogP contribution in [-0.2, 0) is 10.0 Å². The molecule has 1 heterocycles. The average molecular weight is 283 g/mol. The number of hydrogen-bond donors (Lipinski definition) is 1. The second-order valence-corrected chi connectivity index (χ2v) is 7.39. The van der Waals surface area contributed by atoms with Crippen molar-refractivity contribution in [1.29, 1.82) is 0 Å². The van der Waals surface area contributed by atoms with Crippen molar-refractivity contribution in [3.05, 3.63) is 0 Å². The molecule has 4 nitrogen and oxygen atoms in total. The maximum Gasteiger partial charge on any atom is 0.211 e. The van der Waals surface area contributed by atoms with Crippen LogP contribution in [-0.4, -0.2) is 50.5 Å². The Morgan fingerprint density at radius 2 is 2.24 bits per heavy atom. The zero-order valence-corrected chi connectivity index (χ0v) is 12.2. The first kappa shape index (κ1) is 15.2. The third-order valence-corrected chi connectivity index (χ3v) is 4.93.